The number of carbonyl (C=O) groups excluding carboxylic acids is 1. The van der Waals surface area contributed by atoms with Crippen LogP contribution in [-0.2, 0) is 4.79 Å². The molecule has 0 radical (unpaired) electrons. The largest absolute Gasteiger partial charge is 0.300 e. The molecule has 0 N–H and O–H groups in total. The molecule has 0 bridgehead atoms. The van der Waals surface area contributed by atoms with Crippen molar-refractivity contribution in [2.75, 3.05) is 6.54 Å². The van der Waals surface area contributed by atoms with E-state index in [0.717, 1.165) is 12.8 Å². The number of ketones is 1. The molecule has 0 amide bonds. The lowest BCUT2D eigenvalue weighted by Crippen LogP contribution is -2.45. The first kappa shape index (κ1) is 11.1. The minimum atomic E-state index is 0.514. The zero-order chi connectivity index (χ0) is 10.7. The van der Waals surface area contributed by atoms with Crippen LogP contribution in [0.25, 0.3) is 0 Å². The number of hydrogen-bond acceptors (Lipinski definition) is 2. The molecule has 2 aliphatic heterocycles. The molecule has 0 aliphatic carbocycles. The summed E-state index contributed by atoms with van der Waals surface area (Å²) in [5.74, 6) is 0.514. The van der Waals surface area contributed by atoms with Crippen molar-refractivity contribution >= 4 is 5.78 Å². The molecule has 86 valence electrons. The first-order chi connectivity index (χ1) is 7.31. The highest BCUT2D eigenvalue weighted by molar-refractivity contribution is 5.80. The van der Waals surface area contributed by atoms with E-state index in [0.29, 0.717) is 17.9 Å². The molecule has 2 heteroatoms. The van der Waals surface area contributed by atoms with Gasteiger partial charge in [-0.3, -0.25) is 9.69 Å². The van der Waals surface area contributed by atoms with Crippen LogP contribution in [0.3, 0.4) is 0 Å². The summed E-state index contributed by atoms with van der Waals surface area (Å²) >= 11 is 0. The molecule has 2 rings (SSSR count). The van der Waals surface area contributed by atoms with Crippen molar-refractivity contribution in [2.24, 2.45) is 0 Å². The summed E-state index contributed by atoms with van der Waals surface area (Å²) in [6.45, 7) is 3.49. The third-order valence-corrected chi connectivity index (χ3v) is 3.96. The summed E-state index contributed by atoms with van der Waals surface area (Å²) < 4.78 is 0. The molecule has 0 aromatic rings. The molecule has 0 unspecified atom stereocenters. The summed E-state index contributed by atoms with van der Waals surface area (Å²) in [6, 6.07) is 1.20. The Morgan fingerprint density at radius 2 is 2.20 bits per heavy atom. The zero-order valence-electron chi connectivity index (χ0n) is 9.87. The molecule has 0 saturated carbocycles. The Hall–Kier alpha value is -0.370. The van der Waals surface area contributed by atoms with Crippen LogP contribution in [0, 0.1) is 0 Å². The van der Waals surface area contributed by atoms with Crippen molar-refractivity contribution in [3.8, 4) is 0 Å². The predicted octanol–water partition coefficient (Wildman–Crippen LogP) is 2.76. The molecular formula is C13H23NO. The predicted molar refractivity (Wildman–Crippen MR) is 61.9 cm³/mol. The van der Waals surface area contributed by atoms with Crippen LogP contribution in [0.4, 0.5) is 0 Å². The van der Waals surface area contributed by atoms with E-state index < -0.39 is 0 Å². The second-order valence-corrected chi connectivity index (χ2v) is 5.13. The summed E-state index contributed by atoms with van der Waals surface area (Å²) in [4.78, 5) is 14.2. The van der Waals surface area contributed by atoms with E-state index in [4.69, 9.17) is 0 Å². The Bertz CT molecular complexity index is 227. The maximum Gasteiger partial charge on any atom is 0.136 e. The van der Waals surface area contributed by atoms with Gasteiger partial charge in [0.05, 0.1) is 0 Å². The summed E-state index contributed by atoms with van der Waals surface area (Å²) in [6.07, 6.45) is 9.39. The highest BCUT2D eigenvalue weighted by atomic mass is 16.1. The smallest absolute Gasteiger partial charge is 0.136 e. The number of Topliss-reactive ketones (excluding diaryl/α,β-unsaturated/α-hetero) is 1. The van der Waals surface area contributed by atoms with Gasteiger partial charge in [-0.2, -0.15) is 0 Å². The van der Waals surface area contributed by atoms with Gasteiger partial charge in [0.2, 0.25) is 0 Å². The number of nitrogens with zero attached hydrogens (tertiary/aromatic N) is 1. The quantitative estimate of drug-likeness (QED) is 0.664. The highest BCUT2D eigenvalue weighted by Gasteiger charge is 2.36. The third kappa shape index (κ3) is 2.60. The third-order valence-electron chi connectivity index (χ3n) is 3.96. The molecule has 0 aromatic heterocycles. The van der Waals surface area contributed by atoms with E-state index in [-0.39, 0.29) is 0 Å². The number of rotatable bonds is 4. The molecule has 0 spiro atoms. The van der Waals surface area contributed by atoms with Crippen molar-refractivity contribution in [1.29, 1.82) is 0 Å². The van der Waals surface area contributed by atoms with Gasteiger partial charge in [-0.05, 0) is 25.8 Å². The molecule has 2 nitrogen and oxygen atoms in total. The van der Waals surface area contributed by atoms with Gasteiger partial charge in [0.25, 0.3) is 0 Å². The Balaban J connectivity index is 1.87. The SMILES string of the molecule is CCCCC[C@H]1CC(=O)C[C@@H]2CCCN12. The van der Waals surface area contributed by atoms with Crippen molar-refractivity contribution in [1.82, 2.24) is 4.90 Å². The van der Waals surface area contributed by atoms with Crippen LogP contribution in [0.2, 0.25) is 0 Å². The highest BCUT2D eigenvalue weighted by Crippen LogP contribution is 2.31. The summed E-state index contributed by atoms with van der Waals surface area (Å²) in [5, 5.41) is 0. The minimum Gasteiger partial charge on any atom is -0.300 e. The van der Waals surface area contributed by atoms with Crippen LogP contribution in [-0.4, -0.2) is 29.3 Å². The molecule has 15 heavy (non-hydrogen) atoms. The standard InChI is InChI=1S/C13H23NO/c1-2-3-4-6-11-9-13(15)10-12-7-5-8-14(11)12/h11-12H,2-10H2,1H3/t11-,12-/m0/s1. The van der Waals surface area contributed by atoms with Crippen LogP contribution < -0.4 is 0 Å². The fourth-order valence-corrected chi connectivity index (χ4v) is 3.18. The maximum atomic E-state index is 11.6. The Morgan fingerprint density at radius 3 is 3.00 bits per heavy atom. The van der Waals surface area contributed by atoms with Gasteiger partial charge in [0.15, 0.2) is 0 Å². The van der Waals surface area contributed by atoms with Gasteiger partial charge in [0, 0.05) is 24.9 Å². The molecule has 2 heterocycles. The zero-order valence-corrected chi connectivity index (χ0v) is 9.87. The monoisotopic (exact) mass is 209 g/mol. The van der Waals surface area contributed by atoms with Crippen LogP contribution in [0.1, 0.15) is 58.3 Å². The lowest BCUT2D eigenvalue weighted by molar-refractivity contribution is -0.124. The Kier molecular flexibility index (Phi) is 3.79. The molecule has 2 aliphatic rings. The molecule has 2 atom stereocenters. The summed E-state index contributed by atoms with van der Waals surface area (Å²) in [5.41, 5.74) is 0. The van der Waals surface area contributed by atoms with Crippen LogP contribution >= 0.6 is 0 Å². The average molecular weight is 209 g/mol. The van der Waals surface area contributed by atoms with Gasteiger partial charge >= 0.3 is 0 Å². The van der Waals surface area contributed by atoms with Crippen molar-refractivity contribution < 1.29 is 4.79 Å². The number of fused-ring (bicyclic) bond motifs is 1. The Morgan fingerprint density at radius 1 is 1.33 bits per heavy atom. The topological polar surface area (TPSA) is 20.3 Å². The number of piperidine rings is 1. The Labute approximate surface area is 93.0 Å². The second-order valence-electron chi connectivity index (χ2n) is 5.13. The van der Waals surface area contributed by atoms with E-state index in [9.17, 15) is 4.79 Å². The first-order valence-electron chi connectivity index (χ1n) is 6.58. The first-order valence-corrected chi connectivity index (χ1v) is 6.58. The lowest BCUT2D eigenvalue weighted by Gasteiger charge is -2.37. The summed E-state index contributed by atoms with van der Waals surface area (Å²) in [7, 11) is 0. The van der Waals surface area contributed by atoms with E-state index >= 15 is 0 Å². The molecule has 2 fully saturated rings. The number of unbranched alkanes of at least 4 members (excludes halogenated alkanes) is 2. The minimum absolute atomic E-state index is 0.514. The number of carbonyl (C=O) groups is 1. The second kappa shape index (κ2) is 5.11. The molecule has 2 saturated heterocycles. The van der Waals surface area contributed by atoms with Gasteiger partial charge < -0.3 is 0 Å². The molecular weight excluding hydrogens is 186 g/mol. The van der Waals surface area contributed by atoms with Gasteiger partial charge in [-0.1, -0.05) is 26.2 Å². The van der Waals surface area contributed by atoms with Crippen LogP contribution in [0.5, 0.6) is 0 Å². The maximum absolute atomic E-state index is 11.6. The average Bonchev–Trinajstić information content (AvgIpc) is 2.65. The van der Waals surface area contributed by atoms with E-state index in [1.165, 1.54) is 45.1 Å². The van der Waals surface area contributed by atoms with Crippen LogP contribution in [0.15, 0.2) is 0 Å². The fraction of sp³-hybridized carbons (Fsp3) is 0.923. The van der Waals surface area contributed by atoms with E-state index in [1.54, 1.807) is 0 Å². The van der Waals surface area contributed by atoms with Crippen molar-refractivity contribution in [2.45, 2.75) is 70.4 Å². The fourth-order valence-electron chi connectivity index (χ4n) is 3.18. The van der Waals surface area contributed by atoms with Crippen molar-refractivity contribution in [3.63, 3.8) is 0 Å². The van der Waals surface area contributed by atoms with Crippen molar-refractivity contribution in [3.05, 3.63) is 0 Å². The molecule has 0 aromatic carbocycles. The normalized spacial score (nSPS) is 31.9. The number of hydrogen-bond donors (Lipinski definition) is 0. The van der Waals surface area contributed by atoms with E-state index in [2.05, 4.69) is 11.8 Å². The van der Waals surface area contributed by atoms with E-state index in [1.807, 2.05) is 0 Å². The lowest BCUT2D eigenvalue weighted by atomic mass is 9.92. The van der Waals surface area contributed by atoms with Gasteiger partial charge in [0.1, 0.15) is 5.78 Å². The van der Waals surface area contributed by atoms with Gasteiger partial charge in [-0.15, -0.1) is 0 Å². The van der Waals surface area contributed by atoms with Gasteiger partial charge in [-0.25, -0.2) is 0 Å².